The fraction of sp³-hybridized carbons (Fsp3) is 0. The van der Waals surface area contributed by atoms with Crippen molar-refractivity contribution < 1.29 is 24.4 Å². The van der Waals surface area contributed by atoms with Crippen LogP contribution in [0.1, 0.15) is 11.1 Å². The van der Waals surface area contributed by atoms with Gasteiger partial charge in [0.15, 0.2) is 0 Å². The van der Waals surface area contributed by atoms with Crippen LogP contribution in [0.4, 0.5) is 0 Å². The zero-order chi connectivity index (χ0) is 35.4. The molecule has 49 heavy (non-hydrogen) atoms. The van der Waals surface area contributed by atoms with Crippen LogP contribution in [-0.4, -0.2) is 0 Å². The molecule has 0 amide bonds. The van der Waals surface area contributed by atoms with Crippen LogP contribution >= 0.6 is 35.2 Å². The summed E-state index contributed by atoms with van der Waals surface area (Å²) in [6.07, 6.45) is 4.49. The van der Waals surface area contributed by atoms with Crippen LogP contribution in [0.25, 0.3) is 12.2 Å². The Morgan fingerprint density at radius 2 is 0.551 bits per heavy atom. The maximum atomic E-state index is 7.50. The van der Waals surface area contributed by atoms with E-state index in [1.807, 2.05) is 0 Å². The van der Waals surface area contributed by atoms with E-state index < -0.39 is 15.8 Å². The van der Waals surface area contributed by atoms with Crippen molar-refractivity contribution in [2.24, 2.45) is 0 Å². The number of rotatable bonds is 8. The molecule has 0 bridgehead atoms. The van der Waals surface area contributed by atoms with Crippen LogP contribution in [0, 0.1) is 13.3 Å². The van der Waals surface area contributed by atoms with Crippen molar-refractivity contribution in [3.05, 3.63) is 218 Å². The van der Waals surface area contributed by atoms with Crippen molar-refractivity contribution in [2.45, 2.75) is 0 Å². The average molecular weight is 807 g/mol. The molecule has 0 aliphatic carbocycles. The van der Waals surface area contributed by atoms with Crippen molar-refractivity contribution in [2.75, 3.05) is 0 Å². The zero-order valence-electron chi connectivity index (χ0n) is 26.6. The maximum absolute atomic E-state index is 7.50. The molecule has 0 fully saturated rings. The molecule has 0 spiro atoms. The molecule has 6 aromatic carbocycles. The number of hydrogen-bond donors (Lipinski definition) is 0. The quantitative estimate of drug-likeness (QED) is 0.0636. The molecule has 0 aliphatic rings. The van der Waals surface area contributed by atoms with Crippen LogP contribution in [0.3, 0.4) is 0 Å². The minimum absolute atomic E-state index is 0.346. The molecule has 0 N–H and O–H groups in total. The molecule has 0 heterocycles. The fourth-order valence-corrected chi connectivity index (χ4v) is 9.04. The Bertz CT molecular complexity index is 1560. The van der Waals surface area contributed by atoms with Crippen molar-refractivity contribution in [3.63, 3.8) is 0 Å². The van der Waals surface area contributed by atoms with Crippen molar-refractivity contribution in [3.8, 4) is 0 Å². The summed E-state index contributed by atoms with van der Waals surface area (Å²) < 4.78 is 15.0. The molecule has 0 radical (unpaired) electrons. The van der Waals surface area contributed by atoms with E-state index in [0.29, 0.717) is 0 Å². The van der Waals surface area contributed by atoms with E-state index >= 15 is 0 Å². The number of benzene rings is 6. The van der Waals surface area contributed by atoms with Gasteiger partial charge in [-0.3, -0.25) is 0 Å². The summed E-state index contributed by atoms with van der Waals surface area (Å²) >= 11 is -0.346. The van der Waals surface area contributed by atoms with Crippen LogP contribution in [-0.2, 0) is 24.4 Å². The molecular formula is C42H36Cl2O2P2Ru+4. The molecule has 2 nitrogen and oxygen atoms in total. The van der Waals surface area contributed by atoms with Gasteiger partial charge in [0, 0.05) is 0 Å². The summed E-state index contributed by atoms with van der Waals surface area (Å²) in [5.74, 6) is 4.76. The van der Waals surface area contributed by atoms with Crippen LogP contribution in [0.15, 0.2) is 194 Å². The van der Waals surface area contributed by atoms with E-state index in [-0.39, 0.29) is 15.1 Å². The summed E-state index contributed by atoms with van der Waals surface area (Å²) in [4.78, 5) is 0. The van der Waals surface area contributed by atoms with Gasteiger partial charge in [-0.2, -0.15) is 0 Å². The van der Waals surface area contributed by atoms with Crippen LogP contribution in [0.5, 0.6) is 0 Å². The Balaban J connectivity index is 0.000000288. The minimum atomic E-state index is -0.878. The Morgan fingerprint density at radius 3 is 0.755 bits per heavy atom. The standard InChI is InChI=1S/2C20H17P.2CO.2ClH.Ru/c2*1-4-10-18(11-5-1)16-17-21(19-12-6-2-7-13-19)20-14-8-3-9-15-20;2*1-2;;;/h2*1-17H;;;2*1H;/q;;;;;;+4. The first kappa shape index (κ1) is 41.5. The fourth-order valence-electron chi connectivity index (χ4n) is 4.68. The Morgan fingerprint density at radius 1 is 0.367 bits per heavy atom. The molecule has 6 rings (SSSR count). The van der Waals surface area contributed by atoms with E-state index in [2.05, 4.69) is 219 Å². The predicted octanol–water partition coefficient (Wildman–Crippen LogP) is 10.3. The summed E-state index contributed by atoms with van der Waals surface area (Å²) in [6, 6.07) is 64.2. The summed E-state index contributed by atoms with van der Waals surface area (Å²) in [7, 11) is 7.95. The van der Waals surface area contributed by atoms with Gasteiger partial charge >= 0.3 is 57.1 Å². The molecule has 0 aliphatic heterocycles. The van der Waals surface area contributed by atoms with E-state index in [1.165, 1.54) is 32.3 Å². The van der Waals surface area contributed by atoms with Gasteiger partial charge in [0.05, 0.1) is 27.5 Å². The third kappa shape index (κ3) is 16.1. The molecule has 0 saturated carbocycles. The third-order valence-electron chi connectivity index (χ3n) is 6.82. The second-order valence-electron chi connectivity index (χ2n) is 9.83. The molecular weight excluding hydrogens is 770 g/mol. The van der Waals surface area contributed by atoms with E-state index in [4.69, 9.17) is 28.7 Å². The second-order valence-corrected chi connectivity index (χ2v) is 17.1. The normalized spacial score (nSPS) is 9.96. The SMILES string of the molecule is C(=C[PH+](c1ccccc1)c1ccccc1)c1ccccc1.C(=C[PH+](c1ccccc1)c1ccccc1)c1ccccc1.[C-]#[O+].[C-]#[O+].[Cl][Ru+2][Cl]. The molecule has 244 valence electrons. The Kier molecular flexibility index (Phi) is 23.0. The molecule has 0 unspecified atom stereocenters. The monoisotopic (exact) mass is 806 g/mol. The summed E-state index contributed by atoms with van der Waals surface area (Å²) in [5, 5.41) is 5.67. The summed E-state index contributed by atoms with van der Waals surface area (Å²) in [6.45, 7) is 9.00. The van der Waals surface area contributed by atoms with Gasteiger partial charge in [-0.25, -0.2) is 0 Å². The Labute approximate surface area is 309 Å². The Hall–Kier alpha value is -3.66. The molecule has 0 aromatic heterocycles. The van der Waals surface area contributed by atoms with Gasteiger partial charge in [-0.15, -0.1) is 0 Å². The van der Waals surface area contributed by atoms with Crippen molar-refractivity contribution >= 4 is 68.6 Å². The van der Waals surface area contributed by atoms with E-state index in [0.717, 1.165) is 0 Å². The zero-order valence-corrected chi connectivity index (χ0v) is 31.8. The van der Waals surface area contributed by atoms with Crippen LogP contribution in [0.2, 0.25) is 0 Å². The van der Waals surface area contributed by atoms with Crippen molar-refractivity contribution in [1.29, 1.82) is 0 Å². The van der Waals surface area contributed by atoms with Crippen molar-refractivity contribution in [1.82, 2.24) is 0 Å². The van der Waals surface area contributed by atoms with E-state index in [1.54, 1.807) is 0 Å². The predicted molar refractivity (Wildman–Crippen MR) is 211 cm³/mol. The third-order valence-corrected chi connectivity index (χ3v) is 11.6. The van der Waals surface area contributed by atoms with Crippen LogP contribution < -0.4 is 21.2 Å². The van der Waals surface area contributed by atoms with Gasteiger partial charge in [0.2, 0.25) is 0 Å². The van der Waals surface area contributed by atoms with Gasteiger partial charge in [-0.05, 0) is 71.8 Å². The first-order valence-corrected chi connectivity index (χ1v) is 22.6. The van der Waals surface area contributed by atoms with Gasteiger partial charge in [-0.1, -0.05) is 133 Å². The number of halogens is 2. The molecule has 6 aromatic rings. The molecule has 0 atom stereocenters. The van der Waals surface area contributed by atoms with Gasteiger partial charge in [0.1, 0.15) is 21.2 Å². The van der Waals surface area contributed by atoms with Gasteiger partial charge < -0.3 is 0 Å². The number of hydrogen-bond acceptors (Lipinski definition) is 0. The second kappa shape index (κ2) is 27.2. The molecule has 7 heteroatoms. The topological polar surface area (TPSA) is 39.8 Å². The first-order valence-electron chi connectivity index (χ1n) is 15.0. The summed E-state index contributed by atoms with van der Waals surface area (Å²) in [5.41, 5.74) is 2.51. The molecule has 0 saturated heterocycles. The van der Waals surface area contributed by atoms with Gasteiger partial charge in [0.25, 0.3) is 0 Å². The van der Waals surface area contributed by atoms with E-state index in [9.17, 15) is 0 Å². The first-order chi connectivity index (χ1) is 24.3. The average Bonchev–Trinajstić information content (AvgIpc) is 3.20.